The van der Waals surface area contributed by atoms with Crippen molar-refractivity contribution >= 4 is 11.0 Å². The van der Waals surface area contributed by atoms with E-state index in [0.717, 1.165) is 11.0 Å². The molecular formula is C11H13N2O. The number of benzene rings is 1. The van der Waals surface area contributed by atoms with E-state index in [1.54, 1.807) is 9.13 Å². The van der Waals surface area contributed by atoms with Crippen LogP contribution in [0.4, 0.5) is 0 Å². The Labute approximate surface area is 82.6 Å². The molecule has 3 heteroatoms. The van der Waals surface area contributed by atoms with Gasteiger partial charge in [0.05, 0.1) is 11.0 Å². The summed E-state index contributed by atoms with van der Waals surface area (Å²) in [4.78, 5) is 11.8. The van der Waals surface area contributed by atoms with Crippen molar-refractivity contribution in [3.8, 4) is 0 Å². The van der Waals surface area contributed by atoms with E-state index in [9.17, 15) is 4.79 Å². The van der Waals surface area contributed by atoms with Crippen LogP contribution in [0.2, 0.25) is 0 Å². The lowest BCUT2D eigenvalue weighted by molar-refractivity contribution is 0.690. The average molecular weight is 189 g/mol. The van der Waals surface area contributed by atoms with Gasteiger partial charge >= 0.3 is 5.69 Å². The highest BCUT2D eigenvalue weighted by atomic mass is 16.1. The minimum absolute atomic E-state index is 0.0312. The van der Waals surface area contributed by atoms with Crippen LogP contribution in [0.1, 0.15) is 6.92 Å². The van der Waals surface area contributed by atoms with Gasteiger partial charge in [-0.05, 0) is 26.0 Å². The van der Waals surface area contributed by atoms with E-state index in [4.69, 9.17) is 0 Å². The molecule has 1 heterocycles. The van der Waals surface area contributed by atoms with Crippen LogP contribution in [-0.2, 0) is 13.1 Å². The van der Waals surface area contributed by atoms with Crippen LogP contribution < -0.4 is 5.69 Å². The fourth-order valence-corrected chi connectivity index (χ4v) is 1.79. The summed E-state index contributed by atoms with van der Waals surface area (Å²) in [6.07, 6.45) is 0. The van der Waals surface area contributed by atoms with Crippen LogP contribution in [0.5, 0.6) is 0 Å². The summed E-state index contributed by atoms with van der Waals surface area (Å²) in [5.41, 5.74) is 1.99. The summed E-state index contributed by atoms with van der Waals surface area (Å²) in [5.74, 6) is 0. The molecule has 0 aliphatic carbocycles. The number of hydrogen-bond acceptors (Lipinski definition) is 1. The second-order valence-electron chi connectivity index (χ2n) is 3.17. The number of nitrogens with zero attached hydrogens (tertiary/aromatic N) is 2. The predicted molar refractivity (Wildman–Crippen MR) is 57.2 cm³/mol. The summed E-state index contributed by atoms with van der Waals surface area (Å²) >= 11 is 0. The second kappa shape index (κ2) is 3.33. The van der Waals surface area contributed by atoms with Gasteiger partial charge in [0.15, 0.2) is 0 Å². The Bertz CT molecular complexity index is 463. The van der Waals surface area contributed by atoms with Gasteiger partial charge in [-0.2, -0.15) is 0 Å². The third kappa shape index (κ3) is 1.09. The molecule has 0 spiro atoms. The molecule has 0 fully saturated rings. The van der Waals surface area contributed by atoms with E-state index in [-0.39, 0.29) is 5.69 Å². The third-order valence-corrected chi connectivity index (χ3v) is 2.46. The van der Waals surface area contributed by atoms with Gasteiger partial charge in [0, 0.05) is 13.1 Å². The molecule has 0 aliphatic heterocycles. The van der Waals surface area contributed by atoms with E-state index in [1.165, 1.54) is 0 Å². The number of rotatable bonds is 2. The van der Waals surface area contributed by atoms with Crippen LogP contribution in [0.15, 0.2) is 29.1 Å². The lowest BCUT2D eigenvalue weighted by atomic mass is 10.3. The van der Waals surface area contributed by atoms with Gasteiger partial charge < -0.3 is 0 Å². The molecule has 0 saturated heterocycles. The van der Waals surface area contributed by atoms with Gasteiger partial charge in [0.25, 0.3) is 0 Å². The zero-order valence-electron chi connectivity index (χ0n) is 8.23. The molecular weight excluding hydrogens is 176 g/mol. The SMILES string of the molecule is [CH2]Cn1c(=O)n(CC)c2ccccc21. The summed E-state index contributed by atoms with van der Waals surface area (Å²) in [6, 6.07) is 7.80. The second-order valence-corrected chi connectivity index (χ2v) is 3.17. The largest absolute Gasteiger partial charge is 0.329 e. The zero-order chi connectivity index (χ0) is 10.1. The van der Waals surface area contributed by atoms with Gasteiger partial charge in [0.2, 0.25) is 0 Å². The molecule has 0 atom stereocenters. The van der Waals surface area contributed by atoms with Crippen LogP contribution in [0.25, 0.3) is 11.0 Å². The molecule has 3 nitrogen and oxygen atoms in total. The fourth-order valence-electron chi connectivity index (χ4n) is 1.79. The minimum atomic E-state index is 0.0312. The number of para-hydroxylation sites is 2. The Hall–Kier alpha value is -1.51. The topological polar surface area (TPSA) is 26.9 Å². The van der Waals surface area contributed by atoms with Gasteiger partial charge in [-0.1, -0.05) is 12.1 Å². The first-order valence-corrected chi connectivity index (χ1v) is 4.77. The smallest absolute Gasteiger partial charge is 0.292 e. The number of aromatic nitrogens is 2. The molecule has 1 aromatic carbocycles. The van der Waals surface area contributed by atoms with E-state index >= 15 is 0 Å². The Morgan fingerprint density at radius 2 is 1.79 bits per heavy atom. The summed E-state index contributed by atoms with van der Waals surface area (Å²) < 4.78 is 3.46. The van der Waals surface area contributed by atoms with Crippen LogP contribution in [-0.4, -0.2) is 9.13 Å². The van der Waals surface area contributed by atoms with Gasteiger partial charge in [-0.3, -0.25) is 9.13 Å². The van der Waals surface area contributed by atoms with Crippen molar-refractivity contribution in [1.82, 2.24) is 9.13 Å². The van der Waals surface area contributed by atoms with Gasteiger partial charge in [-0.15, -0.1) is 0 Å². The maximum absolute atomic E-state index is 11.8. The maximum Gasteiger partial charge on any atom is 0.329 e. The molecule has 1 aromatic heterocycles. The Morgan fingerprint density at radius 3 is 2.29 bits per heavy atom. The predicted octanol–water partition coefficient (Wildman–Crippen LogP) is 1.66. The highest BCUT2D eigenvalue weighted by Crippen LogP contribution is 2.11. The minimum Gasteiger partial charge on any atom is -0.292 e. The zero-order valence-corrected chi connectivity index (χ0v) is 8.23. The highest BCUT2D eigenvalue weighted by molar-refractivity contribution is 5.75. The molecule has 0 unspecified atom stereocenters. The standard InChI is InChI=1S/C11H13N2O/c1-3-12-9-7-5-6-8-10(9)13(4-2)11(12)14/h5-8H,1,3-4H2,2H3. The average Bonchev–Trinajstić information content (AvgIpc) is 2.49. The van der Waals surface area contributed by atoms with Gasteiger partial charge in [0.1, 0.15) is 0 Å². The molecule has 2 rings (SSSR count). The lowest BCUT2D eigenvalue weighted by Crippen LogP contribution is -2.23. The number of fused-ring (bicyclic) bond motifs is 1. The van der Waals surface area contributed by atoms with Crippen molar-refractivity contribution in [2.45, 2.75) is 20.0 Å². The van der Waals surface area contributed by atoms with Crippen molar-refractivity contribution < 1.29 is 0 Å². The van der Waals surface area contributed by atoms with Crippen molar-refractivity contribution in [2.75, 3.05) is 0 Å². The summed E-state index contributed by atoms with van der Waals surface area (Å²) in [5, 5.41) is 0. The third-order valence-electron chi connectivity index (χ3n) is 2.46. The monoisotopic (exact) mass is 189 g/mol. The van der Waals surface area contributed by atoms with Crippen LogP contribution >= 0.6 is 0 Å². The Morgan fingerprint density at radius 1 is 1.21 bits per heavy atom. The molecule has 0 N–H and O–H groups in total. The van der Waals surface area contributed by atoms with Crippen molar-refractivity contribution in [1.29, 1.82) is 0 Å². The first kappa shape index (κ1) is 9.06. The first-order chi connectivity index (χ1) is 6.79. The summed E-state index contributed by atoms with van der Waals surface area (Å²) in [6.45, 7) is 6.92. The van der Waals surface area contributed by atoms with E-state index < -0.39 is 0 Å². The Kier molecular flexibility index (Phi) is 2.15. The van der Waals surface area contributed by atoms with Crippen LogP contribution in [0.3, 0.4) is 0 Å². The number of aryl methyl sites for hydroxylation is 1. The molecule has 73 valence electrons. The molecule has 0 aliphatic rings. The van der Waals surface area contributed by atoms with Gasteiger partial charge in [-0.25, -0.2) is 4.79 Å². The lowest BCUT2D eigenvalue weighted by Gasteiger charge is -1.95. The number of hydrogen-bond donors (Lipinski definition) is 0. The quantitative estimate of drug-likeness (QED) is 0.705. The highest BCUT2D eigenvalue weighted by Gasteiger charge is 2.08. The first-order valence-electron chi connectivity index (χ1n) is 4.77. The van der Waals surface area contributed by atoms with Crippen LogP contribution in [0, 0.1) is 6.92 Å². The number of imidazole rings is 1. The molecule has 2 aromatic rings. The van der Waals surface area contributed by atoms with Crippen molar-refractivity contribution in [2.24, 2.45) is 0 Å². The fraction of sp³-hybridized carbons (Fsp3) is 0.273. The van der Waals surface area contributed by atoms with Crippen molar-refractivity contribution in [3.05, 3.63) is 41.7 Å². The summed E-state index contributed by atoms with van der Waals surface area (Å²) in [7, 11) is 0. The molecule has 0 bridgehead atoms. The van der Waals surface area contributed by atoms with E-state index in [2.05, 4.69) is 6.92 Å². The van der Waals surface area contributed by atoms with Crippen molar-refractivity contribution in [3.63, 3.8) is 0 Å². The molecule has 0 saturated carbocycles. The molecule has 1 radical (unpaired) electrons. The maximum atomic E-state index is 11.8. The van der Waals surface area contributed by atoms with E-state index in [0.29, 0.717) is 13.1 Å². The Balaban J connectivity index is 2.92. The molecule has 0 amide bonds. The molecule has 14 heavy (non-hydrogen) atoms. The van der Waals surface area contributed by atoms with E-state index in [1.807, 2.05) is 31.2 Å². The normalized spacial score (nSPS) is 11.0.